The summed E-state index contributed by atoms with van der Waals surface area (Å²) in [5.41, 5.74) is -0.694. The molecule has 1 rings (SSSR count). The Kier molecular flexibility index (Phi) is 2.29. The molecule has 1 aromatic rings. The highest BCUT2D eigenvalue weighted by molar-refractivity contribution is 6.32. The highest BCUT2D eigenvalue weighted by Gasteiger charge is 2.20. The van der Waals surface area contributed by atoms with E-state index >= 15 is 0 Å². The Hall–Kier alpha value is -1.49. The maximum Gasteiger partial charge on any atom is 0.339 e. The van der Waals surface area contributed by atoms with Gasteiger partial charge in [-0.25, -0.2) is 4.79 Å². The summed E-state index contributed by atoms with van der Waals surface area (Å²) in [4.78, 5) is 10.4. The van der Waals surface area contributed by atoms with Gasteiger partial charge in [0, 0.05) is 0 Å². The average Bonchev–Trinajstić information content (AvgIpc) is 2.07. The Bertz CT molecular complexity index is 377. The maximum atomic E-state index is 12.8. The quantitative estimate of drug-likeness (QED) is 0.652. The fraction of sp³-hybridized carbons (Fsp3) is 0. The third-order valence-electron chi connectivity index (χ3n) is 1.40. The molecule has 6 heteroatoms. The van der Waals surface area contributed by atoms with Gasteiger partial charge in [0.05, 0.1) is 5.02 Å². The zero-order valence-corrected chi connectivity index (χ0v) is 6.84. The Labute approximate surface area is 76.8 Å². The van der Waals surface area contributed by atoms with Crippen molar-refractivity contribution >= 4 is 17.6 Å². The van der Waals surface area contributed by atoms with Crippen LogP contribution in [0.3, 0.4) is 0 Å². The first-order chi connectivity index (χ1) is 5.95. The van der Waals surface area contributed by atoms with E-state index in [9.17, 15) is 9.18 Å². The Morgan fingerprint density at radius 1 is 1.38 bits per heavy atom. The number of carbonyl (C=O) groups is 1. The lowest BCUT2D eigenvalue weighted by Crippen LogP contribution is -1.98. The van der Waals surface area contributed by atoms with Gasteiger partial charge in [0.15, 0.2) is 11.5 Å². The molecule has 0 amide bonds. The van der Waals surface area contributed by atoms with Crippen molar-refractivity contribution < 1.29 is 24.5 Å². The van der Waals surface area contributed by atoms with Crippen molar-refractivity contribution in [3.8, 4) is 11.5 Å². The molecule has 0 spiro atoms. The molecule has 4 nitrogen and oxygen atoms in total. The Morgan fingerprint density at radius 3 is 2.38 bits per heavy atom. The Balaban J connectivity index is 3.50. The molecule has 0 heterocycles. The minimum Gasteiger partial charge on any atom is -0.504 e. The van der Waals surface area contributed by atoms with Crippen molar-refractivity contribution in [1.29, 1.82) is 0 Å². The molecule has 1 aromatic carbocycles. The number of phenols is 2. The molecule has 0 radical (unpaired) electrons. The first-order valence-corrected chi connectivity index (χ1v) is 3.46. The molecule has 0 aromatic heterocycles. The molecule has 0 aliphatic heterocycles. The molecule has 13 heavy (non-hydrogen) atoms. The summed E-state index contributed by atoms with van der Waals surface area (Å²) >= 11 is 5.27. The van der Waals surface area contributed by atoms with Crippen LogP contribution in [0.2, 0.25) is 5.02 Å². The number of rotatable bonds is 1. The third-order valence-corrected chi connectivity index (χ3v) is 1.69. The van der Waals surface area contributed by atoms with Crippen molar-refractivity contribution in [2.75, 3.05) is 0 Å². The predicted molar refractivity (Wildman–Crippen MR) is 41.7 cm³/mol. The summed E-state index contributed by atoms with van der Waals surface area (Å²) in [5, 5.41) is 25.7. The van der Waals surface area contributed by atoms with Gasteiger partial charge in [-0.1, -0.05) is 11.6 Å². The molecule has 0 fully saturated rings. The lowest BCUT2D eigenvalue weighted by molar-refractivity contribution is 0.0692. The SMILES string of the molecule is O=C(O)c1cc(Cl)c(O)c(F)c1O. The van der Waals surface area contributed by atoms with E-state index < -0.39 is 33.9 Å². The second kappa shape index (κ2) is 3.10. The summed E-state index contributed by atoms with van der Waals surface area (Å²) in [6.45, 7) is 0. The van der Waals surface area contributed by atoms with Crippen molar-refractivity contribution in [2.24, 2.45) is 0 Å². The number of halogens is 2. The van der Waals surface area contributed by atoms with Gasteiger partial charge >= 0.3 is 5.97 Å². The van der Waals surface area contributed by atoms with Gasteiger partial charge in [0.2, 0.25) is 5.82 Å². The molecule has 70 valence electrons. The van der Waals surface area contributed by atoms with Gasteiger partial charge in [-0.15, -0.1) is 0 Å². The number of benzene rings is 1. The van der Waals surface area contributed by atoms with Crippen molar-refractivity contribution in [3.63, 3.8) is 0 Å². The lowest BCUT2D eigenvalue weighted by Gasteiger charge is -2.03. The summed E-state index contributed by atoms with van der Waals surface area (Å²) in [7, 11) is 0. The van der Waals surface area contributed by atoms with E-state index in [1.54, 1.807) is 0 Å². The van der Waals surface area contributed by atoms with E-state index in [2.05, 4.69) is 0 Å². The van der Waals surface area contributed by atoms with Crippen LogP contribution in [-0.4, -0.2) is 21.3 Å². The molecular weight excluding hydrogens is 203 g/mol. The predicted octanol–water partition coefficient (Wildman–Crippen LogP) is 1.59. The van der Waals surface area contributed by atoms with Crippen LogP contribution in [0.4, 0.5) is 4.39 Å². The molecule has 0 saturated carbocycles. The van der Waals surface area contributed by atoms with Crippen LogP contribution in [0.1, 0.15) is 10.4 Å². The van der Waals surface area contributed by atoms with Crippen LogP contribution in [-0.2, 0) is 0 Å². The van der Waals surface area contributed by atoms with Crippen LogP contribution in [0.25, 0.3) is 0 Å². The number of carboxylic acids is 1. The fourth-order valence-electron chi connectivity index (χ4n) is 0.762. The third kappa shape index (κ3) is 1.50. The van der Waals surface area contributed by atoms with E-state index in [0.717, 1.165) is 6.07 Å². The van der Waals surface area contributed by atoms with Gasteiger partial charge in [-0.2, -0.15) is 4.39 Å². The zero-order valence-electron chi connectivity index (χ0n) is 6.08. The van der Waals surface area contributed by atoms with Gasteiger partial charge < -0.3 is 15.3 Å². The number of hydrogen-bond acceptors (Lipinski definition) is 3. The minimum atomic E-state index is -1.53. The summed E-state index contributed by atoms with van der Waals surface area (Å²) in [5.74, 6) is -5.07. The standard InChI is InChI=1S/C7H4ClFO4/c8-3-1-2(7(12)13)5(10)4(9)6(3)11/h1,10-11H,(H,12,13). The van der Waals surface area contributed by atoms with Crippen LogP contribution in [0, 0.1) is 5.82 Å². The summed E-state index contributed by atoms with van der Waals surface area (Å²) in [6.07, 6.45) is 0. The van der Waals surface area contributed by atoms with E-state index in [0.29, 0.717) is 0 Å². The molecule has 0 atom stereocenters. The Morgan fingerprint density at radius 2 is 1.92 bits per heavy atom. The number of hydrogen-bond donors (Lipinski definition) is 3. The molecule has 0 aliphatic carbocycles. The van der Waals surface area contributed by atoms with Crippen LogP contribution >= 0.6 is 11.6 Å². The smallest absolute Gasteiger partial charge is 0.339 e. The number of phenolic OH excluding ortho intramolecular Hbond substituents is 1. The largest absolute Gasteiger partial charge is 0.504 e. The highest BCUT2D eigenvalue weighted by atomic mass is 35.5. The first kappa shape index (κ1) is 9.60. The van der Waals surface area contributed by atoms with Crippen LogP contribution < -0.4 is 0 Å². The van der Waals surface area contributed by atoms with E-state index in [-0.39, 0.29) is 0 Å². The van der Waals surface area contributed by atoms with Gasteiger partial charge in [-0.3, -0.25) is 0 Å². The van der Waals surface area contributed by atoms with Gasteiger partial charge in [0.25, 0.3) is 0 Å². The first-order valence-electron chi connectivity index (χ1n) is 3.08. The van der Waals surface area contributed by atoms with Crippen molar-refractivity contribution in [2.45, 2.75) is 0 Å². The van der Waals surface area contributed by atoms with E-state index in [1.807, 2.05) is 0 Å². The van der Waals surface area contributed by atoms with E-state index in [1.165, 1.54) is 0 Å². The van der Waals surface area contributed by atoms with Crippen molar-refractivity contribution in [1.82, 2.24) is 0 Å². The molecule has 0 bridgehead atoms. The van der Waals surface area contributed by atoms with E-state index in [4.69, 9.17) is 26.9 Å². The monoisotopic (exact) mass is 206 g/mol. The molecule has 3 N–H and O–H groups in total. The normalized spacial score (nSPS) is 10.0. The molecule has 0 saturated heterocycles. The summed E-state index contributed by atoms with van der Waals surface area (Å²) in [6, 6.07) is 0.762. The van der Waals surface area contributed by atoms with Crippen LogP contribution in [0.5, 0.6) is 11.5 Å². The lowest BCUT2D eigenvalue weighted by atomic mass is 10.2. The summed E-state index contributed by atoms with van der Waals surface area (Å²) < 4.78 is 12.8. The minimum absolute atomic E-state index is 0.465. The molecule has 0 aliphatic rings. The topological polar surface area (TPSA) is 77.8 Å². The van der Waals surface area contributed by atoms with Gasteiger partial charge in [0.1, 0.15) is 5.56 Å². The van der Waals surface area contributed by atoms with Crippen molar-refractivity contribution in [3.05, 3.63) is 22.5 Å². The highest BCUT2D eigenvalue weighted by Crippen LogP contribution is 2.35. The number of carboxylic acid groups (broad SMARTS) is 1. The molecular formula is C7H4ClFO4. The maximum absolute atomic E-state index is 12.8. The number of aromatic carboxylic acids is 1. The second-order valence-corrected chi connectivity index (χ2v) is 2.63. The second-order valence-electron chi connectivity index (χ2n) is 2.22. The van der Waals surface area contributed by atoms with Gasteiger partial charge in [-0.05, 0) is 6.07 Å². The molecule has 0 unspecified atom stereocenters. The van der Waals surface area contributed by atoms with Crippen LogP contribution in [0.15, 0.2) is 6.07 Å². The fourth-order valence-corrected chi connectivity index (χ4v) is 0.954. The number of aromatic hydroxyl groups is 2. The average molecular weight is 207 g/mol. The zero-order chi connectivity index (χ0) is 10.2.